The summed E-state index contributed by atoms with van der Waals surface area (Å²) in [6.45, 7) is 7.84. The van der Waals surface area contributed by atoms with E-state index in [1.807, 2.05) is 0 Å². The molecular weight excluding hydrogens is 200 g/mol. The van der Waals surface area contributed by atoms with Crippen molar-refractivity contribution in [2.45, 2.75) is 32.2 Å². The van der Waals surface area contributed by atoms with Crippen molar-refractivity contribution < 1.29 is 4.74 Å². The number of nitrogens with one attached hydrogen (secondary N) is 1. The summed E-state index contributed by atoms with van der Waals surface area (Å²) in [5, 5.41) is 0. The molecule has 3 N–H and O–H groups in total. The van der Waals surface area contributed by atoms with Crippen LogP contribution in [0.25, 0.3) is 0 Å². The molecule has 0 aromatic heterocycles. The fourth-order valence-corrected chi connectivity index (χ4v) is 2.14. The second-order valence-electron chi connectivity index (χ2n) is 4.95. The molecule has 0 amide bonds. The van der Waals surface area contributed by atoms with Crippen molar-refractivity contribution in [3.8, 4) is 0 Å². The minimum absolute atomic E-state index is 0.172. The van der Waals surface area contributed by atoms with Gasteiger partial charge in [-0.15, -0.1) is 0 Å². The molecule has 0 saturated carbocycles. The van der Waals surface area contributed by atoms with Crippen molar-refractivity contribution in [2.75, 3.05) is 13.2 Å². The normalized spacial score (nSPS) is 18.6. The van der Waals surface area contributed by atoms with Crippen LogP contribution in [0.4, 0.5) is 0 Å². The van der Waals surface area contributed by atoms with Crippen LogP contribution in [-0.2, 0) is 10.3 Å². The van der Waals surface area contributed by atoms with Gasteiger partial charge in [-0.25, -0.2) is 5.43 Å². The monoisotopic (exact) mass is 220 g/mol. The van der Waals surface area contributed by atoms with Gasteiger partial charge in [0.05, 0.1) is 13.2 Å². The van der Waals surface area contributed by atoms with Gasteiger partial charge in [0.15, 0.2) is 0 Å². The summed E-state index contributed by atoms with van der Waals surface area (Å²) in [5.74, 6) is 6.20. The second-order valence-corrected chi connectivity index (χ2v) is 4.95. The molecule has 3 nitrogen and oxygen atoms in total. The van der Waals surface area contributed by atoms with Gasteiger partial charge >= 0.3 is 0 Å². The Morgan fingerprint density at radius 3 is 2.50 bits per heavy atom. The summed E-state index contributed by atoms with van der Waals surface area (Å²) in [5.41, 5.74) is 6.63. The quantitative estimate of drug-likeness (QED) is 0.603. The minimum Gasteiger partial charge on any atom is -0.377 e. The molecule has 16 heavy (non-hydrogen) atoms. The average Bonchev–Trinajstić information content (AvgIpc) is 2.19. The third kappa shape index (κ3) is 1.75. The molecule has 3 heteroatoms. The Morgan fingerprint density at radius 2 is 2.06 bits per heavy atom. The summed E-state index contributed by atoms with van der Waals surface area (Å²) < 4.78 is 5.30. The summed E-state index contributed by atoms with van der Waals surface area (Å²) >= 11 is 0. The van der Waals surface area contributed by atoms with E-state index in [0.717, 1.165) is 0 Å². The number of hydrazine groups is 1. The minimum atomic E-state index is -0.172. The first-order chi connectivity index (χ1) is 7.59. The molecule has 0 unspecified atom stereocenters. The van der Waals surface area contributed by atoms with Crippen LogP contribution in [0.3, 0.4) is 0 Å². The maximum absolute atomic E-state index is 5.67. The zero-order chi connectivity index (χ0) is 11.8. The van der Waals surface area contributed by atoms with Gasteiger partial charge in [-0.2, -0.15) is 0 Å². The molecule has 0 spiro atoms. The van der Waals surface area contributed by atoms with E-state index < -0.39 is 0 Å². The predicted molar refractivity (Wildman–Crippen MR) is 65.1 cm³/mol. The molecule has 0 bridgehead atoms. The van der Waals surface area contributed by atoms with Gasteiger partial charge in [-0.1, -0.05) is 32.0 Å². The molecule has 1 aliphatic rings. The van der Waals surface area contributed by atoms with Crippen LogP contribution in [0, 0.1) is 6.92 Å². The van der Waals surface area contributed by atoms with Gasteiger partial charge < -0.3 is 4.74 Å². The largest absolute Gasteiger partial charge is 0.377 e. The molecular formula is C13H20N2O. The van der Waals surface area contributed by atoms with Crippen LogP contribution in [0.15, 0.2) is 18.2 Å². The van der Waals surface area contributed by atoms with E-state index in [9.17, 15) is 0 Å². The summed E-state index contributed by atoms with van der Waals surface area (Å²) in [6.07, 6.45) is 0. The van der Waals surface area contributed by atoms with Crippen molar-refractivity contribution in [1.82, 2.24) is 5.43 Å². The van der Waals surface area contributed by atoms with Crippen molar-refractivity contribution in [2.24, 2.45) is 5.84 Å². The van der Waals surface area contributed by atoms with Gasteiger partial charge in [0.1, 0.15) is 5.54 Å². The van der Waals surface area contributed by atoms with Gasteiger partial charge in [0.2, 0.25) is 0 Å². The van der Waals surface area contributed by atoms with Gasteiger partial charge in [-0.05, 0) is 29.5 Å². The lowest BCUT2D eigenvalue weighted by Gasteiger charge is -2.42. The summed E-state index contributed by atoms with van der Waals surface area (Å²) in [6, 6.07) is 6.61. The molecule has 1 aromatic carbocycles. The molecule has 0 atom stereocenters. The smallest absolute Gasteiger partial charge is 0.104 e. The molecule has 88 valence electrons. The molecule has 1 aliphatic heterocycles. The first-order valence-electron chi connectivity index (χ1n) is 5.75. The van der Waals surface area contributed by atoms with Crippen molar-refractivity contribution in [1.29, 1.82) is 0 Å². The predicted octanol–water partition coefficient (Wildman–Crippen LogP) is 1.81. The first kappa shape index (κ1) is 11.6. The van der Waals surface area contributed by atoms with Crippen LogP contribution < -0.4 is 11.3 Å². The van der Waals surface area contributed by atoms with Crippen LogP contribution in [0.2, 0.25) is 0 Å². The van der Waals surface area contributed by atoms with Gasteiger partial charge in [-0.3, -0.25) is 5.84 Å². The van der Waals surface area contributed by atoms with Gasteiger partial charge in [0.25, 0.3) is 0 Å². The lowest BCUT2D eigenvalue weighted by Crippen LogP contribution is -2.60. The highest BCUT2D eigenvalue weighted by Crippen LogP contribution is 2.32. The topological polar surface area (TPSA) is 47.3 Å². The van der Waals surface area contributed by atoms with E-state index in [1.54, 1.807) is 0 Å². The van der Waals surface area contributed by atoms with Crippen LogP contribution in [-0.4, -0.2) is 13.2 Å². The summed E-state index contributed by atoms with van der Waals surface area (Å²) in [4.78, 5) is 0. The maximum Gasteiger partial charge on any atom is 0.104 e. The molecule has 2 rings (SSSR count). The van der Waals surface area contributed by atoms with E-state index >= 15 is 0 Å². The number of benzene rings is 1. The lowest BCUT2D eigenvalue weighted by atomic mass is 9.83. The molecule has 1 saturated heterocycles. The first-order valence-corrected chi connectivity index (χ1v) is 5.75. The zero-order valence-electron chi connectivity index (χ0n) is 10.2. The Kier molecular flexibility index (Phi) is 3.02. The zero-order valence-corrected chi connectivity index (χ0v) is 10.2. The second kappa shape index (κ2) is 4.17. The SMILES string of the molecule is Cc1ccc(C(C)C)cc1C1(NN)COC1. The molecule has 1 heterocycles. The molecule has 1 aromatic rings. The highest BCUT2D eigenvalue weighted by atomic mass is 16.5. The van der Waals surface area contributed by atoms with E-state index in [0.29, 0.717) is 19.1 Å². The van der Waals surface area contributed by atoms with Crippen molar-refractivity contribution in [3.63, 3.8) is 0 Å². The number of ether oxygens (including phenoxy) is 1. The van der Waals surface area contributed by atoms with Gasteiger partial charge in [0, 0.05) is 0 Å². The van der Waals surface area contributed by atoms with Crippen molar-refractivity contribution in [3.05, 3.63) is 34.9 Å². The third-order valence-corrected chi connectivity index (χ3v) is 3.42. The third-order valence-electron chi connectivity index (χ3n) is 3.42. The molecule has 1 fully saturated rings. The van der Waals surface area contributed by atoms with E-state index in [-0.39, 0.29) is 5.54 Å². The number of aryl methyl sites for hydroxylation is 1. The highest BCUT2D eigenvalue weighted by molar-refractivity contribution is 5.39. The maximum atomic E-state index is 5.67. The Labute approximate surface area is 97.0 Å². The number of hydrogen-bond acceptors (Lipinski definition) is 3. The average molecular weight is 220 g/mol. The number of nitrogens with two attached hydrogens (primary N) is 1. The standard InChI is InChI=1S/C13H20N2O/c1-9(2)11-5-4-10(3)12(6-11)13(15-14)7-16-8-13/h4-6,9,15H,7-8,14H2,1-3H3. The molecule has 0 aliphatic carbocycles. The van der Waals surface area contributed by atoms with Crippen LogP contribution in [0.1, 0.15) is 36.5 Å². The van der Waals surface area contributed by atoms with Crippen LogP contribution in [0.5, 0.6) is 0 Å². The van der Waals surface area contributed by atoms with E-state index in [2.05, 4.69) is 44.4 Å². The Bertz CT molecular complexity index is 378. The van der Waals surface area contributed by atoms with E-state index in [1.165, 1.54) is 16.7 Å². The fourth-order valence-electron chi connectivity index (χ4n) is 2.14. The van der Waals surface area contributed by atoms with E-state index in [4.69, 9.17) is 10.6 Å². The number of rotatable bonds is 3. The fraction of sp³-hybridized carbons (Fsp3) is 0.538. The Balaban J connectivity index is 2.42. The van der Waals surface area contributed by atoms with Crippen LogP contribution >= 0.6 is 0 Å². The Hall–Kier alpha value is -0.900. The number of hydrogen-bond donors (Lipinski definition) is 2. The van der Waals surface area contributed by atoms with Crippen molar-refractivity contribution >= 4 is 0 Å². The summed E-state index contributed by atoms with van der Waals surface area (Å²) in [7, 11) is 0. The molecule has 0 radical (unpaired) electrons. The lowest BCUT2D eigenvalue weighted by molar-refractivity contribution is -0.0790. The Morgan fingerprint density at radius 1 is 1.38 bits per heavy atom. The highest BCUT2D eigenvalue weighted by Gasteiger charge is 2.40.